The summed E-state index contributed by atoms with van der Waals surface area (Å²) >= 11 is 0. The number of hydrogen-bond donors (Lipinski definition) is 6. The van der Waals surface area contributed by atoms with Gasteiger partial charge >= 0.3 is 5.97 Å². The number of fused-ring (bicyclic) bond motifs is 3. The number of hydrogen-bond acceptors (Lipinski definition) is 19. The molecule has 0 spiro atoms. The van der Waals surface area contributed by atoms with Crippen LogP contribution in [0.5, 0.6) is 0 Å². The van der Waals surface area contributed by atoms with E-state index in [1.54, 1.807) is 69.4 Å². The monoisotopic (exact) mass is 1490 g/mol. The highest BCUT2D eigenvalue weighted by Gasteiger charge is 2.38. The van der Waals surface area contributed by atoms with E-state index in [2.05, 4.69) is 70.9 Å². The van der Waals surface area contributed by atoms with Gasteiger partial charge in [0.05, 0.1) is 53.6 Å². The zero-order valence-electron chi connectivity index (χ0n) is 64.1. The summed E-state index contributed by atoms with van der Waals surface area (Å²) in [6.07, 6.45) is 16.5. The first-order chi connectivity index (χ1) is 50.6. The Kier molecular flexibility index (Phi) is 34.9. The number of carbonyl (C=O) groups excluding carboxylic acids is 5. The maximum absolute atomic E-state index is 13.1. The van der Waals surface area contributed by atoms with Crippen LogP contribution in [-0.2, 0) is 43.1 Å². The van der Waals surface area contributed by atoms with Gasteiger partial charge in [-0.2, -0.15) is 5.26 Å². The van der Waals surface area contributed by atoms with E-state index in [0.29, 0.717) is 150 Å². The fraction of sp³-hybridized carbons (Fsp3) is 0.597. The highest BCUT2D eigenvalue weighted by molar-refractivity contribution is 7.44. The van der Waals surface area contributed by atoms with Crippen LogP contribution >= 0.6 is 8.53 Å². The summed E-state index contributed by atoms with van der Waals surface area (Å²) in [5.74, 6) is -1.63. The molecule has 580 valence electrons. The van der Waals surface area contributed by atoms with E-state index in [1.807, 2.05) is 62.5 Å². The lowest BCUT2D eigenvalue weighted by molar-refractivity contribution is -0.132. The van der Waals surface area contributed by atoms with Gasteiger partial charge in [0, 0.05) is 138 Å². The van der Waals surface area contributed by atoms with E-state index in [1.165, 1.54) is 6.20 Å². The third-order valence-electron chi connectivity index (χ3n) is 19.0. The van der Waals surface area contributed by atoms with Gasteiger partial charge in [-0.3, -0.25) is 38.4 Å². The van der Waals surface area contributed by atoms with Gasteiger partial charge in [0.2, 0.25) is 34.0 Å². The number of nitrogens with two attached hydrogens (primary N) is 1. The van der Waals surface area contributed by atoms with Crippen molar-refractivity contribution in [2.45, 2.75) is 254 Å². The van der Waals surface area contributed by atoms with Gasteiger partial charge in [0.25, 0.3) is 20.3 Å². The molecule has 3 aliphatic rings. The Morgan fingerprint density at radius 2 is 1.02 bits per heavy atom. The Balaban J connectivity index is 0.000000244. The molecule has 6 aromatic rings. The molecule has 3 aliphatic heterocycles. The summed E-state index contributed by atoms with van der Waals surface area (Å²) in [6.45, 7) is 29.0. The molecule has 0 bridgehead atoms. The lowest BCUT2D eigenvalue weighted by Gasteiger charge is -2.36. The largest absolute Gasteiger partial charge is 0.477 e. The Morgan fingerprint density at radius 3 is 1.43 bits per heavy atom. The van der Waals surface area contributed by atoms with Crippen molar-refractivity contribution >= 4 is 77.1 Å². The van der Waals surface area contributed by atoms with E-state index in [0.717, 1.165) is 62.8 Å². The molecule has 0 saturated carbocycles. The van der Waals surface area contributed by atoms with Gasteiger partial charge in [-0.25, -0.2) is 24.4 Å². The molecular formula is C77H113N14O14P. The highest BCUT2D eigenvalue weighted by atomic mass is 31.2. The number of nitriles is 1. The number of carboxylic acids is 1. The van der Waals surface area contributed by atoms with Gasteiger partial charge in [-0.15, -0.1) is 0 Å². The topological polar surface area (TPSA) is 373 Å². The van der Waals surface area contributed by atoms with Crippen LogP contribution in [0.1, 0.15) is 214 Å². The van der Waals surface area contributed by atoms with E-state index in [-0.39, 0.29) is 93.6 Å². The van der Waals surface area contributed by atoms with Crippen LogP contribution < -0.4 is 32.7 Å². The van der Waals surface area contributed by atoms with Gasteiger partial charge in [-0.1, -0.05) is 19.3 Å². The molecule has 1 unspecified atom stereocenters. The number of aryl methyl sites for hydroxylation is 5. The molecule has 3 saturated heterocycles. The van der Waals surface area contributed by atoms with Crippen molar-refractivity contribution in [1.82, 2.24) is 58.7 Å². The number of likely N-dealkylation sites (tertiary alicyclic amines) is 3. The zero-order valence-corrected chi connectivity index (χ0v) is 64.9. The lowest BCUT2D eigenvalue weighted by atomic mass is 10.1. The summed E-state index contributed by atoms with van der Waals surface area (Å²) in [5, 5.41) is 43.9. The Bertz CT molecular complexity index is 4170. The smallest absolute Gasteiger partial charge is 0.341 e. The maximum atomic E-state index is 13.1. The number of carboxylic acid groups (broad SMARTS) is 1. The van der Waals surface area contributed by atoms with Gasteiger partial charge < -0.3 is 69.1 Å². The molecule has 9 heterocycles. The minimum absolute atomic E-state index is 0.0718. The molecule has 9 rings (SSSR count). The van der Waals surface area contributed by atoms with Crippen molar-refractivity contribution < 1.29 is 53.1 Å². The minimum Gasteiger partial charge on any atom is -0.477 e. The number of aromatic carboxylic acids is 1. The first-order valence-corrected chi connectivity index (χ1v) is 38.7. The van der Waals surface area contributed by atoms with Gasteiger partial charge in [0.1, 0.15) is 33.6 Å². The number of β-amino-alcohol motifs (C(OH)–C–C–N with tert-alkyl or cyclic N) is 2. The van der Waals surface area contributed by atoms with Crippen molar-refractivity contribution in [2.75, 3.05) is 45.9 Å². The average Bonchev–Trinajstić information content (AvgIpc) is 1.09. The van der Waals surface area contributed by atoms with Crippen LogP contribution in [0.4, 0.5) is 0 Å². The lowest BCUT2D eigenvalue weighted by Crippen LogP contribution is -2.36. The molecule has 106 heavy (non-hydrogen) atoms. The third-order valence-corrected chi connectivity index (χ3v) is 21.2. The van der Waals surface area contributed by atoms with E-state index in [9.17, 15) is 53.4 Å². The molecule has 5 amide bonds. The maximum Gasteiger partial charge on any atom is 0.341 e. The predicted octanol–water partition coefficient (Wildman–Crippen LogP) is 8.90. The highest BCUT2D eigenvalue weighted by Crippen LogP contribution is 2.48. The molecular weight excluding hydrogens is 1380 g/mol. The summed E-state index contributed by atoms with van der Waals surface area (Å²) in [7, 11) is -1.35. The van der Waals surface area contributed by atoms with Crippen molar-refractivity contribution in [3.8, 4) is 6.07 Å². The fourth-order valence-electron chi connectivity index (χ4n) is 13.4. The zero-order chi connectivity index (χ0) is 77.9. The van der Waals surface area contributed by atoms with Crippen LogP contribution in [-0.4, -0.2) is 193 Å². The van der Waals surface area contributed by atoms with Crippen LogP contribution in [0.3, 0.4) is 0 Å². The number of nitrogens with zero attached hydrogens (tertiary/aromatic N) is 11. The number of aliphatic hydroxyl groups is 2. The Labute approximate surface area is 623 Å². The van der Waals surface area contributed by atoms with Crippen molar-refractivity contribution in [2.24, 2.45) is 5.73 Å². The van der Waals surface area contributed by atoms with Crippen molar-refractivity contribution in [3.05, 3.63) is 120 Å². The molecule has 0 aromatic carbocycles. The second-order valence-corrected chi connectivity index (χ2v) is 29.4. The van der Waals surface area contributed by atoms with Gasteiger partial charge in [0.15, 0.2) is 0 Å². The number of unbranched alkanes of at least 4 members (excludes halogenated alkanes) is 6. The first-order valence-electron chi connectivity index (χ1n) is 37.6. The van der Waals surface area contributed by atoms with E-state index in [4.69, 9.17) is 25.1 Å². The van der Waals surface area contributed by atoms with Gasteiger partial charge in [-0.05, 0) is 184 Å². The molecule has 0 radical (unpaired) electrons. The van der Waals surface area contributed by atoms with Crippen molar-refractivity contribution in [1.29, 1.82) is 5.26 Å². The Hall–Kier alpha value is -8.42. The molecule has 0 aliphatic carbocycles. The summed E-state index contributed by atoms with van der Waals surface area (Å²) < 4.78 is 20.0. The van der Waals surface area contributed by atoms with Crippen molar-refractivity contribution in [3.63, 3.8) is 0 Å². The molecule has 6 aromatic heterocycles. The number of amides is 5. The number of aliphatic hydroxyl groups excluding tert-OH is 2. The third kappa shape index (κ3) is 24.3. The van der Waals surface area contributed by atoms with E-state index >= 15 is 0 Å². The van der Waals surface area contributed by atoms with Crippen LogP contribution in [0.15, 0.2) is 75.6 Å². The quantitative estimate of drug-likeness (QED) is 0.0175. The number of aromatic nitrogens is 6. The second kappa shape index (κ2) is 42.8. The summed E-state index contributed by atoms with van der Waals surface area (Å²) in [5.41, 5.74) is 7.61. The van der Waals surface area contributed by atoms with E-state index < -0.39 is 31.9 Å². The predicted molar refractivity (Wildman–Crippen MR) is 410 cm³/mol. The average molecular weight is 1490 g/mol. The van der Waals surface area contributed by atoms with Crippen LogP contribution in [0, 0.1) is 25.2 Å². The summed E-state index contributed by atoms with van der Waals surface area (Å²) in [4.78, 5) is 129. The molecule has 7 N–H and O–H groups in total. The summed E-state index contributed by atoms with van der Waals surface area (Å²) in [6, 6.07) is 13.1. The molecule has 29 heteroatoms. The minimum atomic E-state index is -1.35. The number of pyridine rings is 6. The first kappa shape index (κ1) is 86.5. The SMILES string of the molecule is CCn1cc(C(=O)NCCCCCC(=O)N2C[C@H](O)C[C@H]2C)c(=O)c2ccc(C)nc21.CCn1cc(C(=O)NCCCCCC(=O)N2C[C@H](OP(OCCC#N)N(C(C)C)C(C)C)C[C@H]2C)c(=O)c2ccc(C)nc21.CCn1cc(C(=O)O)c(=O)c2cccnc21.C[C@@H]1C[C@@H](O)CN1C(=O)CCCCCN. The van der Waals surface area contributed by atoms with Crippen LogP contribution in [0.2, 0.25) is 0 Å². The second-order valence-electron chi connectivity index (χ2n) is 28.0. The number of carbonyl (C=O) groups is 6. The number of rotatable bonds is 31. The molecule has 3 fully saturated rings. The van der Waals surface area contributed by atoms with Crippen LogP contribution in [0.25, 0.3) is 33.1 Å². The standard InChI is InChI=1S/C32H49N6O5P.C23H32N4O4.C11H10N2O3.C11H22N2O2/c1-8-36-21-28(30(40)27-15-14-24(6)35-31(27)36)32(41)34-17-11-9-10-13-29(39)37-20-26(19-25(37)7)43-44(42-18-12-16-33)38(22(2)3)23(4)5;1-4-26-14-19(21(30)18-10-9-15(2)25-22(18)26)23(31)24-11-7-5-6-8-20(29)27-13-17(28)12-16(27)3;1-2-13-6-8(11(15)16)9(14)7-4-3-5-12-10(7)13;1-9-7-10(14)8-13(9)11(15)5-3-2-4-6-12/h14-15,21-23,25-26H,8-13,17-20H2,1-7H3,(H,34,41);9-10,14,16-17,28H,4-8,11-13H2,1-3H3,(H,24,31);3-6H,2H2,1H3,(H,15,16);9-10,14H,2-8,12H2,1H3/t25-,26-,44?;16-,17-;;9-,10-/m11.1/s1. The fourth-order valence-corrected chi connectivity index (χ4v) is 15.2. The number of nitrogens with one attached hydrogen (secondary N) is 2. The normalized spacial score (nSPS) is 18.0. The molecule has 28 nitrogen and oxygen atoms in total. The Morgan fingerprint density at radius 1 is 0.604 bits per heavy atom. The molecule has 7 atom stereocenters.